The molecule has 0 spiro atoms. The molecule has 0 atom stereocenters. The fourth-order valence-electron chi connectivity index (χ4n) is 2.51. The normalized spacial score (nSPS) is 11.7. The number of hydrogen-bond acceptors (Lipinski definition) is 1. The molecule has 0 fully saturated rings. The van der Waals surface area contributed by atoms with E-state index in [9.17, 15) is 0 Å². The molecule has 2 heteroatoms. The summed E-state index contributed by atoms with van der Waals surface area (Å²) >= 11 is 0. The smallest absolute Gasteiger partial charge is 0.138 e. The quantitative estimate of drug-likeness (QED) is 0.572. The maximum Gasteiger partial charge on any atom is 0.138 e. The van der Waals surface area contributed by atoms with Gasteiger partial charge in [-0.15, -0.1) is 0 Å². The van der Waals surface area contributed by atoms with Gasteiger partial charge in [0, 0.05) is 11.1 Å². The minimum Gasteiger partial charge on any atom is -0.497 e. The molecule has 0 aliphatic carbocycles. The zero-order chi connectivity index (χ0) is 16.1. The Morgan fingerprint density at radius 1 is 0.652 bits per heavy atom. The van der Waals surface area contributed by atoms with Crippen LogP contribution in [-0.4, -0.2) is 7.11 Å². The highest BCUT2D eigenvalue weighted by Crippen LogP contribution is 2.33. The van der Waals surface area contributed by atoms with Crippen molar-refractivity contribution in [2.45, 2.75) is 0 Å². The molecule has 3 rings (SSSR count). The van der Waals surface area contributed by atoms with E-state index in [0.29, 0.717) is 11.1 Å². The lowest BCUT2D eigenvalue weighted by molar-refractivity contribution is 0.415. The molecular formula is C21H17FO. The van der Waals surface area contributed by atoms with Crippen molar-refractivity contribution in [3.8, 4) is 5.75 Å². The standard InChI is InChI=1S/C21H17FO/c1-23-19-14-12-17(13-15-19)20(16-8-4-2-5-9-16)21(22)18-10-6-3-7-11-18/h2-15H,1H3/b21-20+. The minimum absolute atomic E-state index is 0.234. The van der Waals surface area contributed by atoms with Gasteiger partial charge < -0.3 is 4.74 Å². The van der Waals surface area contributed by atoms with E-state index in [0.717, 1.165) is 16.9 Å². The number of benzene rings is 3. The van der Waals surface area contributed by atoms with Crippen LogP contribution >= 0.6 is 0 Å². The highest BCUT2D eigenvalue weighted by Gasteiger charge is 2.13. The third-order valence-electron chi connectivity index (χ3n) is 3.69. The van der Waals surface area contributed by atoms with E-state index in [4.69, 9.17) is 4.74 Å². The van der Waals surface area contributed by atoms with Gasteiger partial charge in [-0.2, -0.15) is 0 Å². The Kier molecular flexibility index (Phi) is 4.53. The van der Waals surface area contributed by atoms with E-state index in [2.05, 4.69) is 0 Å². The number of rotatable bonds is 4. The number of methoxy groups -OCH3 is 1. The Morgan fingerprint density at radius 2 is 1.13 bits per heavy atom. The molecule has 3 aromatic rings. The van der Waals surface area contributed by atoms with Gasteiger partial charge >= 0.3 is 0 Å². The van der Waals surface area contributed by atoms with Crippen molar-refractivity contribution < 1.29 is 9.13 Å². The van der Waals surface area contributed by atoms with Crippen LogP contribution in [0.1, 0.15) is 16.7 Å². The zero-order valence-corrected chi connectivity index (χ0v) is 12.9. The molecule has 114 valence electrons. The summed E-state index contributed by atoms with van der Waals surface area (Å²) in [6.07, 6.45) is 0. The maximum absolute atomic E-state index is 15.2. The van der Waals surface area contributed by atoms with Crippen LogP contribution in [0.15, 0.2) is 84.9 Å². The largest absolute Gasteiger partial charge is 0.497 e. The SMILES string of the molecule is COc1ccc(/C(=C(/F)c2ccccc2)c2ccccc2)cc1. The lowest BCUT2D eigenvalue weighted by Crippen LogP contribution is -1.92. The highest BCUT2D eigenvalue weighted by molar-refractivity contribution is 5.95. The Balaban J connectivity index is 2.18. The molecule has 0 bridgehead atoms. The Labute approximate surface area is 135 Å². The Hall–Kier alpha value is -2.87. The summed E-state index contributed by atoms with van der Waals surface area (Å²) in [7, 11) is 1.62. The van der Waals surface area contributed by atoms with Crippen molar-refractivity contribution >= 4 is 11.4 Å². The topological polar surface area (TPSA) is 9.23 Å². The molecule has 0 amide bonds. The van der Waals surface area contributed by atoms with Gasteiger partial charge in [-0.3, -0.25) is 0 Å². The Bertz CT molecular complexity index is 790. The van der Waals surface area contributed by atoms with Gasteiger partial charge in [-0.05, 0) is 23.3 Å². The van der Waals surface area contributed by atoms with Crippen molar-refractivity contribution in [2.75, 3.05) is 7.11 Å². The fourth-order valence-corrected chi connectivity index (χ4v) is 2.51. The Morgan fingerprint density at radius 3 is 1.65 bits per heavy atom. The lowest BCUT2D eigenvalue weighted by atomic mass is 9.95. The van der Waals surface area contributed by atoms with Gasteiger partial charge in [0.05, 0.1) is 7.11 Å². The number of hydrogen-bond donors (Lipinski definition) is 0. The van der Waals surface area contributed by atoms with Crippen LogP contribution in [0.2, 0.25) is 0 Å². The molecule has 0 aliphatic rings. The van der Waals surface area contributed by atoms with Gasteiger partial charge in [0.2, 0.25) is 0 Å². The van der Waals surface area contributed by atoms with E-state index in [1.165, 1.54) is 0 Å². The molecule has 1 nitrogen and oxygen atoms in total. The number of ether oxygens (including phenoxy) is 1. The van der Waals surface area contributed by atoms with Crippen LogP contribution in [-0.2, 0) is 0 Å². The summed E-state index contributed by atoms with van der Waals surface area (Å²) in [5.74, 6) is 0.517. The van der Waals surface area contributed by atoms with E-state index < -0.39 is 0 Å². The molecule has 0 N–H and O–H groups in total. The summed E-state index contributed by atoms with van der Waals surface area (Å²) < 4.78 is 20.4. The van der Waals surface area contributed by atoms with Crippen molar-refractivity contribution in [3.05, 3.63) is 102 Å². The average molecular weight is 304 g/mol. The minimum atomic E-state index is -0.234. The molecule has 3 aromatic carbocycles. The van der Waals surface area contributed by atoms with E-state index >= 15 is 4.39 Å². The van der Waals surface area contributed by atoms with E-state index in [-0.39, 0.29) is 5.83 Å². The molecule has 0 aromatic heterocycles. The van der Waals surface area contributed by atoms with Gasteiger partial charge in [0.15, 0.2) is 0 Å². The molecule has 0 unspecified atom stereocenters. The molecule has 0 radical (unpaired) electrons. The predicted octanol–water partition coefficient (Wildman–Crippen LogP) is 5.58. The molecule has 0 aliphatic heterocycles. The van der Waals surface area contributed by atoms with Crippen LogP contribution in [0, 0.1) is 0 Å². The van der Waals surface area contributed by atoms with Crippen molar-refractivity contribution in [1.82, 2.24) is 0 Å². The molecule has 0 saturated carbocycles. The molecule has 23 heavy (non-hydrogen) atoms. The van der Waals surface area contributed by atoms with Crippen LogP contribution in [0.5, 0.6) is 5.75 Å². The first-order chi connectivity index (χ1) is 11.3. The van der Waals surface area contributed by atoms with Crippen molar-refractivity contribution in [2.24, 2.45) is 0 Å². The van der Waals surface area contributed by atoms with Crippen molar-refractivity contribution in [3.63, 3.8) is 0 Å². The predicted molar refractivity (Wildman–Crippen MR) is 92.9 cm³/mol. The summed E-state index contributed by atoms with van der Waals surface area (Å²) in [6.45, 7) is 0. The summed E-state index contributed by atoms with van der Waals surface area (Å²) in [4.78, 5) is 0. The average Bonchev–Trinajstić information content (AvgIpc) is 2.64. The summed E-state index contributed by atoms with van der Waals surface area (Å²) in [5.41, 5.74) is 2.82. The first-order valence-electron chi connectivity index (χ1n) is 7.44. The third kappa shape index (κ3) is 3.32. The molecule has 0 saturated heterocycles. The first kappa shape index (κ1) is 15.0. The van der Waals surface area contributed by atoms with Gasteiger partial charge in [-0.1, -0.05) is 72.8 Å². The summed E-state index contributed by atoms with van der Waals surface area (Å²) in [5, 5.41) is 0. The van der Waals surface area contributed by atoms with E-state index in [1.54, 1.807) is 19.2 Å². The molecular weight excluding hydrogens is 287 g/mol. The highest BCUT2D eigenvalue weighted by atomic mass is 19.1. The first-order valence-corrected chi connectivity index (χ1v) is 7.44. The van der Waals surface area contributed by atoms with Crippen molar-refractivity contribution in [1.29, 1.82) is 0 Å². The van der Waals surface area contributed by atoms with Crippen LogP contribution in [0.25, 0.3) is 11.4 Å². The van der Waals surface area contributed by atoms with Gasteiger partial charge in [-0.25, -0.2) is 4.39 Å². The van der Waals surface area contributed by atoms with E-state index in [1.807, 2.05) is 72.8 Å². The van der Waals surface area contributed by atoms with Crippen LogP contribution in [0.4, 0.5) is 4.39 Å². The van der Waals surface area contributed by atoms with Crippen LogP contribution in [0.3, 0.4) is 0 Å². The lowest BCUT2D eigenvalue weighted by Gasteiger charge is -2.12. The van der Waals surface area contributed by atoms with Crippen LogP contribution < -0.4 is 4.74 Å². The second-order valence-electron chi connectivity index (χ2n) is 5.15. The zero-order valence-electron chi connectivity index (χ0n) is 12.9. The summed E-state index contributed by atoms with van der Waals surface area (Å²) in [6, 6.07) is 26.2. The van der Waals surface area contributed by atoms with Gasteiger partial charge in [0.1, 0.15) is 11.6 Å². The van der Waals surface area contributed by atoms with Gasteiger partial charge in [0.25, 0.3) is 0 Å². The number of halogens is 1. The second-order valence-corrected chi connectivity index (χ2v) is 5.15. The maximum atomic E-state index is 15.2. The fraction of sp³-hybridized carbons (Fsp3) is 0.0476. The molecule has 0 heterocycles. The third-order valence-corrected chi connectivity index (χ3v) is 3.69. The monoisotopic (exact) mass is 304 g/mol. The second kappa shape index (κ2) is 6.93.